The number of halogens is 1. The van der Waals surface area contributed by atoms with E-state index in [1.54, 1.807) is 12.1 Å². The molecule has 0 saturated heterocycles. The van der Waals surface area contributed by atoms with Crippen molar-refractivity contribution in [3.63, 3.8) is 0 Å². The van der Waals surface area contributed by atoms with Crippen molar-refractivity contribution in [2.24, 2.45) is 0 Å². The molecule has 0 spiro atoms. The van der Waals surface area contributed by atoms with E-state index in [0.717, 1.165) is 18.4 Å². The number of benzene rings is 1. The van der Waals surface area contributed by atoms with Crippen molar-refractivity contribution >= 4 is 11.6 Å². The molecule has 0 saturated carbocycles. The molecule has 0 heterocycles. The van der Waals surface area contributed by atoms with E-state index in [-0.39, 0.29) is 0 Å². The molecular weight excluding hydrogens is 170 g/mol. The maximum atomic E-state index is 8.57. The summed E-state index contributed by atoms with van der Waals surface area (Å²) in [7, 11) is 0. The molecule has 2 heteroatoms. The maximum absolute atomic E-state index is 8.57. The van der Waals surface area contributed by atoms with Crippen LogP contribution in [-0.4, -0.2) is 0 Å². The van der Waals surface area contributed by atoms with E-state index in [0.29, 0.717) is 10.6 Å². The zero-order valence-electron chi connectivity index (χ0n) is 6.97. The van der Waals surface area contributed by atoms with Crippen LogP contribution in [0.15, 0.2) is 18.2 Å². The average Bonchev–Trinajstić information content (AvgIpc) is 2.09. The van der Waals surface area contributed by atoms with Crippen LogP contribution >= 0.6 is 11.6 Å². The lowest BCUT2D eigenvalue weighted by atomic mass is 10.1. The first kappa shape index (κ1) is 9.09. The Morgan fingerprint density at radius 1 is 1.50 bits per heavy atom. The Morgan fingerprint density at radius 2 is 2.25 bits per heavy atom. The van der Waals surface area contributed by atoms with Gasteiger partial charge in [-0.25, -0.2) is 0 Å². The fourth-order valence-corrected chi connectivity index (χ4v) is 1.36. The summed E-state index contributed by atoms with van der Waals surface area (Å²) >= 11 is 5.94. The summed E-state index contributed by atoms with van der Waals surface area (Å²) in [5.74, 6) is 0. The third kappa shape index (κ3) is 1.99. The predicted octanol–water partition coefficient (Wildman–Crippen LogP) is 3.16. The van der Waals surface area contributed by atoms with Crippen molar-refractivity contribution < 1.29 is 0 Å². The minimum absolute atomic E-state index is 0.625. The van der Waals surface area contributed by atoms with Crippen molar-refractivity contribution in [2.75, 3.05) is 0 Å². The smallest absolute Gasteiger partial charge is 0.0992 e. The molecule has 0 amide bonds. The van der Waals surface area contributed by atoms with Crippen LogP contribution in [-0.2, 0) is 6.42 Å². The topological polar surface area (TPSA) is 23.8 Å². The minimum Gasteiger partial charge on any atom is -0.192 e. The molecule has 1 aromatic rings. The molecule has 1 rings (SSSR count). The van der Waals surface area contributed by atoms with E-state index in [1.165, 1.54) is 0 Å². The zero-order chi connectivity index (χ0) is 8.97. The summed E-state index contributed by atoms with van der Waals surface area (Å²) < 4.78 is 0. The molecule has 0 aliphatic rings. The van der Waals surface area contributed by atoms with Crippen LogP contribution in [0.3, 0.4) is 0 Å². The molecule has 0 N–H and O–H groups in total. The van der Waals surface area contributed by atoms with Gasteiger partial charge < -0.3 is 0 Å². The normalized spacial score (nSPS) is 9.42. The van der Waals surface area contributed by atoms with Crippen molar-refractivity contribution in [2.45, 2.75) is 19.8 Å². The largest absolute Gasteiger partial charge is 0.192 e. The monoisotopic (exact) mass is 179 g/mol. The van der Waals surface area contributed by atoms with Gasteiger partial charge in [-0.05, 0) is 24.1 Å². The number of nitrogens with zero attached hydrogens (tertiary/aromatic N) is 1. The van der Waals surface area contributed by atoms with Crippen molar-refractivity contribution in [3.05, 3.63) is 34.3 Å². The summed E-state index contributed by atoms with van der Waals surface area (Å²) in [6.07, 6.45) is 2.05. The Morgan fingerprint density at radius 3 is 2.75 bits per heavy atom. The van der Waals surface area contributed by atoms with Crippen molar-refractivity contribution in [3.8, 4) is 6.07 Å². The van der Waals surface area contributed by atoms with Crippen molar-refractivity contribution in [1.82, 2.24) is 0 Å². The van der Waals surface area contributed by atoms with E-state index in [1.807, 2.05) is 6.07 Å². The number of hydrogen-bond acceptors (Lipinski definition) is 1. The van der Waals surface area contributed by atoms with Crippen LogP contribution in [0.1, 0.15) is 24.5 Å². The fourth-order valence-electron chi connectivity index (χ4n) is 1.09. The van der Waals surface area contributed by atoms with E-state index >= 15 is 0 Å². The number of hydrogen-bond donors (Lipinski definition) is 0. The van der Waals surface area contributed by atoms with Gasteiger partial charge in [-0.2, -0.15) is 5.26 Å². The van der Waals surface area contributed by atoms with Crippen LogP contribution in [0.4, 0.5) is 0 Å². The number of nitriles is 1. The van der Waals surface area contributed by atoms with Gasteiger partial charge in [-0.15, -0.1) is 0 Å². The second kappa shape index (κ2) is 4.13. The molecule has 0 fully saturated rings. The molecule has 62 valence electrons. The summed E-state index contributed by atoms with van der Waals surface area (Å²) in [5, 5.41) is 9.28. The molecule has 0 aliphatic heterocycles. The van der Waals surface area contributed by atoms with Gasteiger partial charge in [0.05, 0.1) is 11.6 Å². The molecular formula is C10H10ClN. The van der Waals surface area contributed by atoms with Crippen LogP contribution < -0.4 is 0 Å². The Labute approximate surface area is 77.6 Å². The van der Waals surface area contributed by atoms with Crippen LogP contribution in [0.25, 0.3) is 0 Å². The Kier molecular flexibility index (Phi) is 3.13. The Balaban J connectivity index is 2.97. The second-order valence-electron chi connectivity index (χ2n) is 2.67. The minimum atomic E-state index is 0.625. The maximum Gasteiger partial charge on any atom is 0.0992 e. The first-order valence-electron chi connectivity index (χ1n) is 3.96. The Bertz CT molecular complexity index is 312. The van der Waals surface area contributed by atoms with E-state index < -0.39 is 0 Å². The van der Waals surface area contributed by atoms with Gasteiger partial charge in [0.1, 0.15) is 0 Å². The molecule has 1 nitrogen and oxygen atoms in total. The van der Waals surface area contributed by atoms with E-state index in [2.05, 4.69) is 13.0 Å². The summed E-state index contributed by atoms with van der Waals surface area (Å²) in [4.78, 5) is 0. The van der Waals surface area contributed by atoms with E-state index in [4.69, 9.17) is 16.9 Å². The van der Waals surface area contributed by atoms with Crippen molar-refractivity contribution in [1.29, 1.82) is 5.26 Å². The molecule has 0 aromatic heterocycles. The lowest BCUT2D eigenvalue weighted by molar-refractivity contribution is 0.922. The standard InChI is InChI=1S/C10H10ClN/c1-2-3-9-5-4-8(7-12)6-10(9)11/h4-6H,2-3H2,1H3. The highest BCUT2D eigenvalue weighted by Crippen LogP contribution is 2.18. The van der Waals surface area contributed by atoms with Crippen LogP contribution in [0.2, 0.25) is 5.02 Å². The third-order valence-corrected chi connectivity index (χ3v) is 2.05. The first-order chi connectivity index (χ1) is 5.77. The second-order valence-corrected chi connectivity index (χ2v) is 3.08. The summed E-state index contributed by atoms with van der Waals surface area (Å²) in [6, 6.07) is 7.49. The van der Waals surface area contributed by atoms with Gasteiger partial charge in [-0.1, -0.05) is 31.0 Å². The quantitative estimate of drug-likeness (QED) is 0.684. The summed E-state index contributed by atoms with van der Waals surface area (Å²) in [5.41, 5.74) is 1.75. The lowest BCUT2D eigenvalue weighted by Gasteiger charge is -2.01. The SMILES string of the molecule is CCCc1ccc(C#N)cc1Cl. The molecule has 0 bridgehead atoms. The molecule has 0 atom stereocenters. The fraction of sp³-hybridized carbons (Fsp3) is 0.300. The van der Waals surface area contributed by atoms with Gasteiger partial charge in [0, 0.05) is 5.02 Å². The highest BCUT2D eigenvalue weighted by Gasteiger charge is 1.99. The van der Waals surface area contributed by atoms with Gasteiger partial charge in [-0.3, -0.25) is 0 Å². The van der Waals surface area contributed by atoms with Gasteiger partial charge in [0.2, 0.25) is 0 Å². The first-order valence-corrected chi connectivity index (χ1v) is 4.34. The van der Waals surface area contributed by atoms with Gasteiger partial charge in [0.15, 0.2) is 0 Å². The Hall–Kier alpha value is -1.00. The van der Waals surface area contributed by atoms with Crippen LogP contribution in [0, 0.1) is 11.3 Å². The van der Waals surface area contributed by atoms with Gasteiger partial charge in [0.25, 0.3) is 0 Å². The zero-order valence-corrected chi connectivity index (χ0v) is 7.73. The number of aryl methyl sites for hydroxylation is 1. The molecule has 0 radical (unpaired) electrons. The highest BCUT2D eigenvalue weighted by atomic mass is 35.5. The predicted molar refractivity (Wildman–Crippen MR) is 50.2 cm³/mol. The third-order valence-electron chi connectivity index (χ3n) is 1.70. The number of rotatable bonds is 2. The molecule has 0 aliphatic carbocycles. The lowest BCUT2D eigenvalue weighted by Crippen LogP contribution is -1.85. The van der Waals surface area contributed by atoms with E-state index in [9.17, 15) is 0 Å². The van der Waals surface area contributed by atoms with Gasteiger partial charge >= 0.3 is 0 Å². The average molecular weight is 180 g/mol. The molecule has 12 heavy (non-hydrogen) atoms. The molecule has 0 unspecified atom stereocenters. The van der Waals surface area contributed by atoms with Crippen LogP contribution in [0.5, 0.6) is 0 Å². The summed E-state index contributed by atoms with van der Waals surface area (Å²) in [6.45, 7) is 2.11. The highest BCUT2D eigenvalue weighted by molar-refractivity contribution is 6.31. The molecule has 1 aromatic carbocycles.